The molecule has 0 unspecified atom stereocenters. The molecule has 2 heterocycles. The number of rotatable bonds is 8. The predicted octanol–water partition coefficient (Wildman–Crippen LogP) is 4.44. The van der Waals surface area contributed by atoms with Crippen LogP contribution in [0, 0.1) is 0 Å². The fourth-order valence-electron chi connectivity index (χ4n) is 3.76. The van der Waals surface area contributed by atoms with E-state index in [1.54, 1.807) is 30.3 Å². The number of benzene rings is 2. The number of anilines is 1. The van der Waals surface area contributed by atoms with E-state index in [2.05, 4.69) is 15.6 Å². The molecule has 2 aromatic carbocycles. The van der Waals surface area contributed by atoms with Crippen LogP contribution >= 0.6 is 0 Å². The Morgan fingerprint density at radius 2 is 1.86 bits per heavy atom. The summed E-state index contributed by atoms with van der Waals surface area (Å²) in [6.07, 6.45) is 0.898. The first-order chi connectivity index (χ1) is 17.1. The highest BCUT2D eigenvalue weighted by molar-refractivity contribution is 6.04. The van der Waals surface area contributed by atoms with Gasteiger partial charge in [-0.1, -0.05) is 18.2 Å². The maximum atomic E-state index is 13.0. The van der Waals surface area contributed by atoms with Gasteiger partial charge in [-0.3, -0.25) is 14.9 Å². The lowest BCUT2D eigenvalue weighted by Gasteiger charge is -2.19. The minimum atomic E-state index is -0.562. The smallest absolute Gasteiger partial charge is 0.407 e. The van der Waals surface area contributed by atoms with Crippen molar-refractivity contribution in [3.63, 3.8) is 0 Å². The Labute approximate surface area is 207 Å². The van der Waals surface area contributed by atoms with Crippen molar-refractivity contribution in [2.24, 2.45) is 5.73 Å². The van der Waals surface area contributed by atoms with E-state index in [-0.39, 0.29) is 5.76 Å². The van der Waals surface area contributed by atoms with E-state index in [0.717, 1.165) is 10.9 Å². The Kier molecular flexibility index (Phi) is 6.96. The lowest BCUT2D eigenvalue weighted by atomic mass is 10.2. The van der Waals surface area contributed by atoms with Crippen molar-refractivity contribution in [1.82, 2.24) is 14.9 Å². The zero-order valence-corrected chi connectivity index (χ0v) is 20.5. The van der Waals surface area contributed by atoms with Gasteiger partial charge in [-0.25, -0.2) is 9.78 Å². The largest absolute Gasteiger partial charge is 0.451 e. The molecule has 0 spiro atoms. The highest BCUT2D eigenvalue weighted by Gasteiger charge is 2.19. The number of nitrogens with two attached hydrogens (primary N) is 1. The van der Waals surface area contributed by atoms with Crippen molar-refractivity contribution in [1.29, 1.82) is 0 Å². The molecule has 36 heavy (non-hydrogen) atoms. The average molecular weight is 492 g/mol. The van der Waals surface area contributed by atoms with Crippen LogP contribution in [0.2, 0.25) is 0 Å². The number of alkyl carbamates (subject to hydrolysis) is 1. The van der Waals surface area contributed by atoms with Crippen LogP contribution in [0.1, 0.15) is 54.5 Å². The number of aromatic nitrogens is 2. The van der Waals surface area contributed by atoms with E-state index in [0.29, 0.717) is 48.5 Å². The summed E-state index contributed by atoms with van der Waals surface area (Å²) < 4.78 is 12.8. The van der Waals surface area contributed by atoms with Gasteiger partial charge in [0.05, 0.1) is 11.0 Å². The number of furan rings is 1. The van der Waals surface area contributed by atoms with Crippen LogP contribution in [0.25, 0.3) is 22.0 Å². The molecule has 188 valence electrons. The van der Waals surface area contributed by atoms with Gasteiger partial charge in [0.15, 0.2) is 5.76 Å². The molecule has 10 nitrogen and oxygen atoms in total. The monoisotopic (exact) mass is 491 g/mol. The highest BCUT2D eigenvalue weighted by atomic mass is 16.6. The van der Waals surface area contributed by atoms with Crippen molar-refractivity contribution >= 4 is 45.9 Å². The van der Waals surface area contributed by atoms with E-state index in [1.165, 1.54) is 0 Å². The summed E-state index contributed by atoms with van der Waals surface area (Å²) in [7, 11) is 0. The van der Waals surface area contributed by atoms with Crippen molar-refractivity contribution in [3.8, 4) is 0 Å². The number of para-hydroxylation sites is 1. The molecule has 0 radical (unpaired) electrons. The number of amides is 3. The number of hydrogen-bond acceptors (Lipinski definition) is 6. The number of primary amides is 1. The summed E-state index contributed by atoms with van der Waals surface area (Å²) in [4.78, 5) is 41.0. The van der Waals surface area contributed by atoms with Crippen LogP contribution in [-0.2, 0) is 11.3 Å². The van der Waals surface area contributed by atoms with Crippen molar-refractivity contribution in [2.75, 3.05) is 11.9 Å². The second kappa shape index (κ2) is 10.1. The first-order valence-electron chi connectivity index (χ1n) is 11.7. The molecule has 4 aromatic rings. The molecular weight excluding hydrogens is 462 g/mol. The topological polar surface area (TPSA) is 141 Å². The SMILES string of the molecule is CC(C)(C)OC(=O)NCCCCn1c(NC(=O)c2cc3ccccc3o2)nc2cc(C(N)=O)ccc21. The van der Waals surface area contributed by atoms with Crippen molar-refractivity contribution in [3.05, 3.63) is 59.9 Å². The summed E-state index contributed by atoms with van der Waals surface area (Å²) >= 11 is 0. The molecule has 0 bridgehead atoms. The maximum Gasteiger partial charge on any atom is 0.407 e. The van der Waals surface area contributed by atoms with Gasteiger partial charge < -0.3 is 24.8 Å². The fraction of sp³-hybridized carbons (Fsp3) is 0.308. The normalized spacial score (nSPS) is 11.5. The lowest BCUT2D eigenvalue weighted by molar-refractivity contribution is 0.0526. The zero-order valence-electron chi connectivity index (χ0n) is 20.5. The Hall–Kier alpha value is -4.34. The summed E-state index contributed by atoms with van der Waals surface area (Å²) in [5, 5.41) is 6.38. The summed E-state index contributed by atoms with van der Waals surface area (Å²) in [6.45, 7) is 6.37. The number of carbonyl (C=O) groups excluding carboxylic acids is 3. The molecule has 0 atom stereocenters. The molecular formula is C26H29N5O5. The summed E-state index contributed by atoms with van der Waals surface area (Å²) in [6, 6.07) is 14.0. The predicted molar refractivity (Wildman–Crippen MR) is 136 cm³/mol. The quantitative estimate of drug-likeness (QED) is 0.311. The van der Waals surface area contributed by atoms with Crippen LogP contribution in [-0.4, -0.2) is 39.6 Å². The van der Waals surface area contributed by atoms with Crippen LogP contribution in [0.15, 0.2) is 52.9 Å². The molecule has 0 fully saturated rings. The molecule has 4 N–H and O–H groups in total. The van der Waals surface area contributed by atoms with Crippen molar-refractivity contribution in [2.45, 2.75) is 45.8 Å². The number of nitrogens with zero attached hydrogens (tertiary/aromatic N) is 2. The van der Waals surface area contributed by atoms with Crippen LogP contribution in [0.5, 0.6) is 0 Å². The van der Waals surface area contributed by atoms with E-state index >= 15 is 0 Å². The first kappa shape index (κ1) is 24.8. The highest BCUT2D eigenvalue weighted by Crippen LogP contribution is 2.24. The molecule has 0 aliphatic heterocycles. The third-order valence-electron chi connectivity index (χ3n) is 5.38. The van der Waals surface area contributed by atoms with Crippen LogP contribution < -0.4 is 16.4 Å². The Morgan fingerprint density at radius 1 is 1.08 bits per heavy atom. The van der Waals surface area contributed by atoms with E-state index < -0.39 is 23.5 Å². The number of fused-ring (bicyclic) bond motifs is 2. The fourth-order valence-corrected chi connectivity index (χ4v) is 3.76. The number of nitrogens with one attached hydrogen (secondary N) is 2. The minimum Gasteiger partial charge on any atom is -0.451 e. The molecule has 0 saturated carbocycles. The number of hydrogen-bond donors (Lipinski definition) is 3. The Balaban J connectivity index is 1.50. The van der Waals surface area contributed by atoms with Gasteiger partial charge in [-0.2, -0.15) is 0 Å². The molecule has 0 aliphatic carbocycles. The van der Waals surface area contributed by atoms with Gasteiger partial charge in [0.1, 0.15) is 11.2 Å². The molecule has 4 rings (SSSR count). The van der Waals surface area contributed by atoms with Crippen molar-refractivity contribution < 1.29 is 23.5 Å². The third-order valence-corrected chi connectivity index (χ3v) is 5.38. The number of ether oxygens (including phenoxy) is 1. The Bertz CT molecular complexity index is 1400. The zero-order chi connectivity index (χ0) is 25.9. The van der Waals surface area contributed by atoms with Gasteiger partial charge in [0.2, 0.25) is 11.9 Å². The van der Waals surface area contributed by atoms with E-state index in [9.17, 15) is 14.4 Å². The molecule has 0 saturated heterocycles. The second-order valence-electron chi connectivity index (χ2n) is 9.39. The van der Waals surface area contributed by atoms with Gasteiger partial charge in [-0.05, 0) is 63.9 Å². The van der Waals surface area contributed by atoms with Crippen LogP contribution in [0.3, 0.4) is 0 Å². The summed E-state index contributed by atoms with van der Waals surface area (Å²) in [5.41, 5.74) is 7.06. The minimum absolute atomic E-state index is 0.161. The van der Waals surface area contributed by atoms with Gasteiger partial charge in [0.25, 0.3) is 5.91 Å². The number of carbonyl (C=O) groups is 3. The Morgan fingerprint density at radius 3 is 2.58 bits per heavy atom. The van der Waals surface area contributed by atoms with Gasteiger partial charge >= 0.3 is 6.09 Å². The van der Waals surface area contributed by atoms with E-state index in [1.807, 2.05) is 43.5 Å². The standard InChI is InChI=1S/C26H29N5O5/c1-26(2,3)36-25(34)28-12-6-7-13-31-19-11-10-17(22(27)32)14-18(19)29-24(31)30-23(33)21-15-16-8-4-5-9-20(16)35-21/h4-5,8-11,14-15H,6-7,12-13H2,1-3H3,(H2,27,32)(H,28,34)(H,29,30,33). The number of aryl methyl sites for hydroxylation is 1. The second-order valence-corrected chi connectivity index (χ2v) is 9.39. The average Bonchev–Trinajstić information content (AvgIpc) is 3.38. The maximum absolute atomic E-state index is 13.0. The lowest BCUT2D eigenvalue weighted by Crippen LogP contribution is -2.33. The van der Waals surface area contributed by atoms with Crippen LogP contribution in [0.4, 0.5) is 10.7 Å². The molecule has 0 aliphatic rings. The van der Waals surface area contributed by atoms with Gasteiger partial charge in [-0.15, -0.1) is 0 Å². The molecule has 10 heteroatoms. The number of unbranched alkanes of at least 4 members (excludes halogenated alkanes) is 1. The summed E-state index contributed by atoms with van der Waals surface area (Å²) in [5.74, 6) is -0.525. The molecule has 2 aromatic heterocycles. The third kappa shape index (κ3) is 5.83. The molecule has 3 amide bonds. The van der Waals surface area contributed by atoms with E-state index in [4.69, 9.17) is 14.9 Å². The first-order valence-corrected chi connectivity index (χ1v) is 11.7. The number of imidazole rings is 1. The van der Waals surface area contributed by atoms with Gasteiger partial charge in [0, 0.05) is 24.0 Å².